The van der Waals surface area contributed by atoms with E-state index in [1.165, 1.54) is 36.4 Å². The first-order chi connectivity index (χ1) is 25.8. The predicted octanol–water partition coefficient (Wildman–Crippen LogP) is 6.72. The number of alkyl halides is 3. The minimum Gasteiger partial charge on any atom is -0.488 e. The van der Waals surface area contributed by atoms with Crippen molar-refractivity contribution in [2.75, 3.05) is 44.4 Å². The Bertz CT molecular complexity index is 2110. The molecule has 4 aromatic rings. The maximum absolute atomic E-state index is 14.1. The van der Waals surface area contributed by atoms with E-state index in [1.54, 1.807) is 43.3 Å². The lowest BCUT2D eigenvalue weighted by molar-refractivity contribution is -0.387. The smallest absolute Gasteiger partial charge is 0.422 e. The number of anilines is 1. The van der Waals surface area contributed by atoms with Crippen LogP contribution in [0, 0.1) is 21.4 Å². The molecule has 0 radical (unpaired) electrons. The molecule has 0 aromatic heterocycles. The first-order valence-corrected chi connectivity index (χ1v) is 18.4. The number of ether oxygens (including phenoxy) is 3. The van der Waals surface area contributed by atoms with Gasteiger partial charge in [-0.25, -0.2) is 13.2 Å². The molecule has 0 spiro atoms. The second-order valence-electron chi connectivity index (χ2n) is 12.4. The van der Waals surface area contributed by atoms with Crippen molar-refractivity contribution >= 4 is 27.4 Å². The van der Waals surface area contributed by atoms with Crippen LogP contribution < -0.4 is 14.4 Å². The van der Waals surface area contributed by atoms with E-state index < -0.39 is 50.3 Å². The van der Waals surface area contributed by atoms with Crippen LogP contribution in [0.5, 0.6) is 11.5 Å². The van der Waals surface area contributed by atoms with Crippen LogP contribution >= 0.6 is 0 Å². The number of hydrogen-bond acceptors (Lipinski definition) is 10. The van der Waals surface area contributed by atoms with E-state index in [-0.39, 0.29) is 37.7 Å². The van der Waals surface area contributed by atoms with Crippen molar-refractivity contribution < 1.29 is 45.5 Å². The molecular weight excluding hydrogens is 729 g/mol. The van der Waals surface area contributed by atoms with Crippen molar-refractivity contribution in [3.05, 3.63) is 123 Å². The summed E-state index contributed by atoms with van der Waals surface area (Å²) < 4.78 is 83.8. The zero-order valence-electron chi connectivity index (χ0n) is 29.2. The van der Waals surface area contributed by atoms with Gasteiger partial charge in [0.25, 0.3) is 5.69 Å². The molecule has 4 aromatic carbocycles. The molecule has 54 heavy (non-hydrogen) atoms. The Morgan fingerprint density at radius 3 is 2.35 bits per heavy atom. The van der Waals surface area contributed by atoms with E-state index in [1.807, 2.05) is 6.07 Å². The Morgan fingerprint density at radius 1 is 1.00 bits per heavy atom. The SMILES string of the molecule is C[C@H](Cc1cc(C#N)c2c(c1)CCN2CCCOC(=O)c1ccccc1)N(CCOc1ccccc1OCC(F)(F)F)S(=O)(=O)c1ccccc1[N+](=O)[O-]. The van der Waals surface area contributed by atoms with Gasteiger partial charge in [0, 0.05) is 31.7 Å². The predicted molar refractivity (Wildman–Crippen MR) is 192 cm³/mol. The normalized spacial score (nSPS) is 13.2. The van der Waals surface area contributed by atoms with Crippen molar-refractivity contribution in [2.45, 2.75) is 43.3 Å². The van der Waals surface area contributed by atoms with Gasteiger partial charge >= 0.3 is 12.1 Å². The largest absolute Gasteiger partial charge is 0.488 e. The highest BCUT2D eigenvalue weighted by molar-refractivity contribution is 7.89. The Balaban J connectivity index is 1.33. The van der Waals surface area contributed by atoms with Gasteiger partial charge in [-0.15, -0.1) is 0 Å². The van der Waals surface area contributed by atoms with E-state index in [2.05, 4.69) is 11.0 Å². The number of halogens is 3. The van der Waals surface area contributed by atoms with Gasteiger partial charge in [0.15, 0.2) is 23.0 Å². The number of sulfonamides is 1. The summed E-state index contributed by atoms with van der Waals surface area (Å²) in [6, 6.07) is 24.2. The van der Waals surface area contributed by atoms with Crippen LogP contribution in [0.2, 0.25) is 0 Å². The molecule has 12 nitrogen and oxygen atoms in total. The highest BCUT2D eigenvalue weighted by Crippen LogP contribution is 2.35. The van der Waals surface area contributed by atoms with Crippen molar-refractivity contribution in [1.29, 1.82) is 5.26 Å². The van der Waals surface area contributed by atoms with Gasteiger partial charge in [-0.2, -0.15) is 22.7 Å². The number of hydrogen-bond donors (Lipinski definition) is 0. The van der Waals surface area contributed by atoms with Gasteiger partial charge in [0.1, 0.15) is 12.7 Å². The molecule has 0 amide bonds. The molecule has 1 aliphatic heterocycles. The summed E-state index contributed by atoms with van der Waals surface area (Å²) in [5.41, 5.74) is 2.53. The van der Waals surface area contributed by atoms with Gasteiger partial charge in [0.2, 0.25) is 10.0 Å². The maximum atomic E-state index is 14.1. The van der Waals surface area contributed by atoms with Crippen LogP contribution in [-0.4, -0.2) is 75.3 Å². The number of nitro benzene ring substituents is 1. The average Bonchev–Trinajstić information content (AvgIpc) is 3.56. The van der Waals surface area contributed by atoms with Gasteiger partial charge in [-0.3, -0.25) is 10.1 Å². The monoisotopic (exact) mass is 766 g/mol. The molecule has 0 aliphatic carbocycles. The lowest BCUT2D eigenvalue weighted by Crippen LogP contribution is -2.42. The number of nitrogens with zero attached hydrogens (tertiary/aromatic N) is 4. The number of nitro groups is 1. The number of rotatable bonds is 17. The highest BCUT2D eigenvalue weighted by Gasteiger charge is 2.35. The first kappa shape index (κ1) is 39.5. The topological polar surface area (TPSA) is 152 Å². The van der Waals surface area contributed by atoms with Crippen LogP contribution in [0.1, 0.15) is 40.4 Å². The third-order valence-electron chi connectivity index (χ3n) is 8.63. The fourth-order valence-electron chi connectivity index (χ4n) is 6.26. The second kappa shape index (κ2) is 17.4. The summed E-state index contributed by atoms with van der Waals surface area (Å²) >= 11 is 0. The molecule has 16 heteroatoms. The van der Waals surface area contributed by atoms with Gasteiger partial charge < -0.3 is 19.1 Å². The third-order valence-corrected chi connectivity index (χ3v) is 10.7. The number of fused-ring (bicyclic) bond motifs is 1. The van der Waals surface area contributed by atoms with Crippen LogP contribution in [0.4, 0.5) is 24.5 Å². The number of benzene rings is 4. The second-order valence-corrected chi connectivity index (χ2v) is 14.3. The van der Waals surface area contributed by atoms with Crippen molar-refractivity contribution in [3.8, 4) is 17.6 Å². The van der Waals surface area contributed by atoms with Crippen LogP contribution in [0.15, 0.2) is 95.9 Å². The number of carbonyl (C=O) groups excluding carboxylic acids is 1. The Kier molecular flexibility index (Phi) is 12.8. The van der Waals surface area contributed by atoms with E-state index >= 15 is 0 Å². The van der Waals surface area contributed by atoms with Crippen molar-refractivity contribution in [3.63, 3.8) is 0 Å². The molecule has 0 saturated carbocycles. The zero-order chi connectivity index (χ0) is 38.9. The summed E-state index contributed by atoms with van der Waals surface area (Å²) in [6.45, 7) is 0.745. The average molecular weight is 767 g/mol. The number of para-hydroxylation sites is 3. The Labute approximate surface area is 310 Å². The number of nitriles is 1. The summed E-state index contributed by atoms with van der Waals surface area (Å²) in [4.78, 5) is 24.9. The minimum absolute atomic E-state index is 0.0476. The molecule has 0 N–H and O–H groups in total. The molecule has 0 fully saturated rings. The molecule has 1 heterocycles. The first-order valence-electron chi connectivity index (χ1n) is 17.0. The third kappa shape index (κ3) is 9.85. The summed E-state index contributed by atoms with van der Waals surface area (Å²) in [5, 5.41) is 22.0. The van der Waals surface area contributed by atoms with E-state index in [0.717, 1.165) is 27.7 Å². The Morgan fingerprint density at radius 2 is 1.67 bits per heavy atom. The lowest BCUT2D eigenvalue weighted by Gasteiger charge is -2.29. The molecule has 1 aliphatic rings. The molecule has 284 valence electrons. The molecule has 0 unspecified atom stereocenters. The van der Waals surface area contributed by atoms with Gasteiger partial charge in [-0.1, -0.05) is 48.5 Å². The minimum atomic E-state index is -4.60. The van der Waals surface area contributed by atoms with Crippen molar-refractivity contribution in [2.24, 2.45) is 0 Å². The summed E-state index contributed by atoms with van der Waals surface area (Å²) in [5.74, 6) is -0.660. The quantitative estimate of drug-likeness (QED) is 0.0490. The fraction of sp³-hybridized carbons (Fsp3) is 0.316. The van der Waals surface area contributed by atoms with Gasteiger partial charge in [-0.05, 0) is 73.7 Å². The van der Waals surface area contributed by atoms with E-state index in [0.29, 0.717) is 42.6 Å². The number of carbonyl (C=O) groups is 1. The summed E-state index contributed by atoms with van der Waals surface area (Å²) in [6.07, 6.45) is -3.33. The molecular formula is C38H37F3N4O8S. The molecule has 0 bridgehead atoms. The van der Waals surface area contributed by atoms with E-state index in [4.69, 9.17) is 14.2 Å². The standard InChI is InChI=1S/C38H37F3N4O8S/c1-27(22-28-23-30-16-18-43(36(30)31(24-28)25-42)17-9-20-52-37(46)29-10-3-2-4-11-29)44(54(49,50)35-15-8-5-12-32(35)45(47)48)19-21-51-33-13-6-7-14-34(33)53-26-38(39,40)41/h2-8,10-15,23-24,27H,9,16-22,26H2,1H3/t27-/m1/s1. The van der Waals surface area contributed by atoms with Crippen LogP contribution in [0.3, 0.4) is 0 Å². The molecule has 0 saturated heterocycles. The molecule has 1 atom stereocenters. The molecule has 5 rings (SSSR count). The maximum Gasteiger partial charge on any atom is 0.422 e. The summed E-state index contributed by atoms with van der Waals surface area (Å²) in [7, 11) is -4.54. The highest BCUT2D eigenvalue weighted by atomic mass is 32.2. The zero-order valence-corrected chi connectivity index (χ0v) is 30.0. The number of esters is 1. The van der Waals surface area contributed by atoms with Crippen LogP contribution in [-0.2, 0) is 27.6 Å². The van der Waals surface area contributed by atoms with Crippen LogP contribution in [0.25, 0.3) is 0 Å². The van der Waals surface area contributed by atoms with Gasteiger partial charge in [0.05, 0.1) is 28.3 Å². The fourth-order valence-corrected chi connectivity index (χ4v) is 8.04. The lowest BCUT2D eigenvalue weighted by atomic mass is 9.99. The van der Waals surface area contributed by atoms with E-state index in [9.17, 15) is 41.8 Å². The Hall–Kier alpha value is -5.66. The van der Waals surface area contributed by atoms with Crippen molar-refractivity contribution in [1.82, 2.24) is 4.31 Å².